The van der Waals surface area contributed by atoms with E-state index in [4.69, 9.17) is 4.42 Å². The van der Waals surface area contributed by atoms with Gasteiger partial charge in [-0.15, -0.1) is 11.3 Å². The lowest BCUT2D eigenvalue weighted by molar-refractivity contribution is 0.669. The monoisotopic (exact) mass is 682 g/mol. The molecular weight excluding hydrogens is 653 g/mol. The maximum atomic E-state index is 6.22. The van der Waals surface area contributed by atoms with E-state index in [0.717, 1.165) is 39.0 Å². The second-order valence-electron chi connectivity index (χ2n) is 13.4. The average molecular weight is 683 g/mol. The van der Waals surface area contributed by atoms with Crippen LogP contribution in [0.15, 0.2) is 186 Å². The maximum absolute atomic E-state index is 6.22. The van der Waals surface area contributed by atoms with Gasteiger partial charge in [-0.2, -0.15) is 0 Å². The van der Waals surface area contributed by atoms with Gasteiger partial charge in [0.25, 0.3) is 0 Å². The minimum Gasteiger partial charge on any atom is -0.456 e. The van der Waals surface area contributed by atoms with Gasteiger partial charge in [0.1, 0.15) is 11.2 Å². The number of aromatic nitrogens is 1. The zero-order chi connectivity index (χ0) is 34.2. The molecule has 0 unspecified atom stereocenters. The van der Waals surface area contributed by atoms with Gasteiger partial charge in [-0.05, 0) is 102 Å². The first-order valence-electron chi connectivity index (χ1n) is 17.6. The van der Waals surface area contributed by atoms with Crippen LogP contribution in [0.1, 0.15) is 0 Å². The van der Waals surface area contributed by atoms with Gasteiger partial charge in [0.05, 0.1) is 11.0 Å². The lowest BCUT2D eigenvalue weighted by Gasteiger charge is -2.26. The van der Waals surface area contributed by atoms with E-state index in [1.54, 1.807) is 0 Å². The molecule has 0 saturated heterocycles. The fourth-order valence-corrected chi connectivity index (χ4v) is 9.05. The van der Waals surface area contributed by atoms with Gasteiger partial charge in [0.15, 0.2) is 0 Å². The van der Waals surface area contributed by atoms with Crippen LogP contribution in [0.5, 0.6) is 0 Å². The first kappa shape index (κ1) is 29.1. The molecule has 11 aromatic rings. The fourth-order valence-electron chi connectivity index (χ4n) is 7.96. The van der Waals surface area contributed by atoms with Crippen molar-refractivity contribution in [3.05, 3.63) is 182 Å². The third-order valence-corrected chi connectivity index (χ3v) is 11.5. The lowest BCUT2D eigenvalue weighted by Crippen LogP contribution is -2.09. The predicted molar refractivity (Wildman–Crippen MR) is 221 cm³/mol. The van der Waals surface area contributed by atoms with Crippen molar-refractivity contribution in [1.29, 1.82) is 0 Å². The van der Waals surface area contributed by atoms with Crippen LogP contribution < -0.4 is 4.90 Å². The van der Waals surface area contributed by atoms with Crippen molar-refractivity contribution in [3.8, 4) is 16.8 Å². The Labute approximate surface area is 303 Å². The molecule has 0 aliphatic heterocycles. The summed E-state index contributed by atoms with van der Waals surface area (Å²) >= 11 is 1.85. The number of para-hydroxylation sites is 3. The molecule has 0 N–H and O–H groups in total. The number of thiophene rings is 1. The van der Waals surface area contributed by atoms with Gasteiger partial charge in [-0.1, -0.05) is 91.0 Å². The topological polar surface area (TPSA) is 21.3 Å². The van der Waals surface area contributed by atoms with Crippen LogP contribution in [0.25, 0.3) is 80.7 Å². The first-order valence-corrected chi connectivity index (χ1v) is 18.4. The van der Waals surface area contributed by atoms with Gasteiger partial charge in [0, 0.05) is 64.5 Å². The maximum Gasteiger partial charge on any atom is 0.135 e. The first-order chi connectivity index (χ1) is 25.8. The van der Waals surface area contributed by atoms with E-state index >= 15 is 0 Å². The van der Waals surface area contributed by atoms with E-state index in [-0.39, 0.29) is 0 Å². The summed E-state index contributed by atoms with van der Waals surface area (Å²) in [5.41, 5.74) is 11.0. The third kappa shape index (κ3) is 4.51. The second kappa shape index (κ2) is 11.5. The summed E-state index contributed by atoms with van der Waals surface area (Å²) in [6.07, 6.45) is 0. The fraction of sp³-hybridized carbons (Fsp3) is 0. The zero-order valence-corrected chi connectivity index (χ0v) is 28.8. The molecule has 0 bridgehead atoms. The Kier molecular flexibility index (Phi) is 6.42. The number of nitrogens with zero attached hydrogens (tertiary/aromatic N) is 2. The highest BCUT2D eigenvalue weighted by Gasteiger charge is 2.18. The van der Waals surface area contributed by atoms with Crippen LogP contribution in [0.3, 0.4) is 0 Å². The summed E-state index contributed by atoms with van der Waals surface area (Å²) in [6, 6.07) is 65.6. The number of furan rings is 1. The molecule has 0 radical (unpaired) electrons. The molecule has 0 fully saturated rings. The molecule has 0 saturated carbocycles. The van der Waals surface area contributed by atoms with E-state index in [2.05, 4.69) is 179 Å². The van der Waals surface area contributed by atoms with Gasteiger partial charge >= 0.3 is 0 Å². The summed E-state index contributed by atoms with van der Waals surface area (Å²) in [5.74, 6) is 0. The van der Waals surface area contributed by atoms with Crippen molar-refractivity contribution < 1.29 is 4.42 Å². The van der Waals surface area contributed by atoms with Crippen molar-refractivity contribution in [3.63, 3.8) is 0 Å². The van der Waals surface area contributed by atoms with Gasteiger partial charge in [0.2, 0.25) is 0 Å². The Balaban J connectivity index is 1.06. The Bertz CT molecular complexity index is 3020. The Morgan fingerprint density at radius 2 is 1.00 bits per heavy atom. The summed E-state index contributed by atoms with van der Waals surface area (Å²) in [6.45, 7) is 0. The summed E-state index contributed by atoms with van der Waals surface area (Å²) in [4.78, 5) is 2.37. The molecule has 0 spiro atoms. The molecule has 3 heterocycles. The summed E-state index contributed by atoms with van der Waals surface area (Å²) in [7, 11) is 0. The Hall–Kier alpha value is -6.62. The minimum atomic E-state index is 0.892. The molecule has 3 nitrogen and oxygen atoms in total. The predicted octanol–water partition coefficient (Wildman–Crippen LogP) is 14.2. The molecule has 0 aliphatic rings. The molecule has 8 aromatic carbocycles. The van der Waals surface area contributed by atoms with Crippen LogP contribution in [0.4, 0.5) is 17.1 Å². The molecule has 52 heavy (non-hydrogen) atoms. The largest absolute Gasteiger partial charge is 0.456 e. The SMILES string of the molecule is c1ccc(-n2c3ccccc3c3cc(-c4ccc(N(c5ccc6oc7ccccc7c6c5)c5ccc6sc7ccccc7c6c5)cc4)ccc32)cc1. The Morgan fingerprint density at radius 3 is 1.87 bits per heavy atom. The normalized spacial score (nSPS) is 11.8. The standard InChI is InChI=1S/C48H30N2OS/c1-2-10-33(11-3-1)50-43-15-7-4-12-37(43)40-28-32(20-25-44(40)50)31-18-21-34(22-19-31)49(35-23-26-46-41(29-35)38-13-5-8-16-45(38)51-46)36-24-27-48-42(30-36)39-14-6-9-17-47(39)52-48/h1-30H. The number of benzene rings is 8. The number of hydrogen-bond acceptors (Lipinski definition) is 3. The molecule has 4 heteroatoms. The molecule has 3 aromatic heterocycles. The number of rotatable bonds is 5. The van der Waals surface area contributed by atoms with Crippen LogP contribution in [-0.2, 0) is 0 Å². The van der Waals surface area contributed by atoms with E-state index in [1.165, 1.54) is 58.8 Å². The molecule has 0 aliphatic carbocycles. The van der Waals surface area contributed by atoms with Crippen molar-refractivity contribution in [2.75, 3.05) is 4.90 Å². The summed E-state index contributed by atoms with van der Waals surface area (Å²) in [5, 5.41) is 7.30. The van der Waals surface area contributed by atoms with Crippen LogP contribution in [0, 0.1) is 0 Å². The smallest absolute Gasteiger partial charge is 0.135 e. The van der Waals surface area contributed by atoms with E-state index in [0.29, 0.717) is 0 Å². The second-order valence-corrected chi connectivity index (χ2v) is 14.4. The minimum absolute atomic E-state index is 0.892. The highest BCUT2D eigenvalue weighted by Crippen LogP contribution is 2.43. The van der Waals surface area contributed by atoms with Crippen molar-refractivity contribution >= 4 is 92.3 Å². The van der Waals surface area contributed by atoms with E-state index in [9.17, 15) is 0 Å². The van der Waals surface area contributed by atoms with Crippen LogP contribution in [0.2, 0.25) is 0 Å². The highest BCUT2D eigenvalue weighted by molar-refractivity contribution is 7.25. The zero-order valence-electron chi connectivity index (χ0n) is 28.0. The van der Waals surface area contributed by atoms with Crippen molar-refractivity contribution in [1.82, 2.24) is 4.57 Å². The van der Waals surface area contributed by atoms with Crippen LogP contribution in [-0.4, -0.2) is 4.57 Å². The number of anilines is 3. The van der Waals surface area contributed by atoms with Crippen molar-refractivity contribution in [2.24, 2.45) is 0 Å². The summed E-state index contributed by atoms with van der Waals surface area (Å²) < 4.78 is 11.2. The molecule has 11 rings (SSSR count). The quantitative estimate of drug-likeness (QED) is 0.180. The molecular formula is C48H30N2OS. The molecule has 0 atom stereocenters. The van der Waals surface area contributed by atoms with Gasteiger partial charge in [-0.25, -0.2) is 0 Å². The Morgan fingerprint density at radius 1 is 0.385 bits per heavy atom. The average Bonchev–Trinajstić information content (AvgIpc) is 3.88. The van der Waals surface area contributed by atoms with Gasteiger partial charge in [-0.3, -0.25) is 0 Å². The van der Waals surface area contributed by atoms with E-state index in [1.807, 2.05) is 23.5 Å². The van der Waals surface area contributed by atoms with Crippen molar-refractivity contribution in [2.45, 2.75) is 0 Å². The van der Waals surface area contributed by atoms with Gasteiger partial charge < -0.3 is 13.9 Å². The molecule has 244 valence electrons. The number of hydrogen-bond donors (Lipinski definition) is 0. The highest BCUT2D eigenvalue weighted by atomic mass is 32.1. The molecule has 0 amide bonds. The lowest BCUT2D eigenvalue weighted by atomic mass is 10.0. The number of fused-ring (bicyclic) bond motifs is 9. The van der Waals surface area contributed by atoms with E-state index < -0.39 is 0 Å². The van der Waals surface area contributed by atoms with Crippen LogP contribution >= 0.6 is 11.3 Å². The third-order valence-electron chi connectivity index (χ3n) is 10.4.